The molecule has 1 amide bonds. The van der Waals surface area contributed by atoms with Crippen molar-refractivity contribution in [2.45, 2.75) is 33.7 Å². The number of nitrogens with zero attached hydrogens (tertiary/aromatic N) is 2. The highest BCUT2D eigenvalue weighted by molar-refractivity contribution is 5.92. The number of aromatic nitrogens is 1. The summed E-state index contributed by atoms with van der Waals surface area (Å²) in [4.78, 5) is 18.7. The molecule has 1 aliphatic heterocycles. The smallest absolute Gasteiger partial charge is 0.272 e. The van der Waals surface area contributed by atoms with E-state index in [0.717, 1.165) is 18.9 Å². The van der Waals surface area contributed by atoms with Crippen molar-refractivity contribution in [1.29, 1.82) is 0 Å². The van der Waals surface area contributed by atoms with Crippen LogP contribution in [0.25, 0.3) is 0 Å². The second kappa shape index (κ2) is 5.59. The van der Waals surface area contributed by atoms with Gasteiger partial charge < -0.3 is 10.2 Å². The first-order valence-corrected chi connectivity index (χ1v) is 7.00. The van der Waals surface area contributed by atoms with Crippen LogP contribution in [0, 0.1) is 11.8 Å². The number of hydrogen-bond acceptors (Lipinski definition) is 3. The number of pyridine rings is 1. The average Bonchev–Trinajstić information content (AvgIpc) is 2.68. The Balaban J connectivity index is 2.11. The molecule has 0 aliphatic carbocycles. The first-order chi connectivity index (χ1) is 8.97. The molecule has 2 heterocycles. The minimum Gasteiger partial charge on any atom is -0.368 e. The van der Waals surface area contributed by atoms with Crippen LogP contribution in [0.5, 0.6) is 0 Å². The van der Waals surface area contributed by atoms with Crippen LogP contribution in [-0.2, 0) is 0 Å². The molecule has 1 aliphatic rings. The number of carbonyl (C=O) groups is 1. The second-order valence-electron chi connectivity index (χ2n) is 5.87. The summed E-state index contributed by atoms with van der Waals surface area (Å²) in [5.41, 5.74) is 0.534. The summed E-state index contributed by atoms with van der Waals surface area (Å²) in [6.07, 6.45) is 0. The molecule has 4 nitrogen and oxygen atoms in total. The van der Waals surface area contributed by atoms with Crippen LogP contribution in [0.1, 0.15) is 38.2 Å². The van der Waals surface area contributed by atoms with Crippen LogP contribution in [0.3, 0.4) is 0 Å². The highest BCUT2D eigenvalue weighted by atomic mass is 16.2. The number of anilines is 1. The van der Waals surface area contributed by atoms with E-state index in [-0.39, 0.29) is 5.91 Å². The lowest BCUT2D eigenvalue weighted by Crippen LogP contribution is -2.29. The Labute approximate surface area is 115 Å². The van der Waals surface area contributed by atoms with E-state index in [1.807, 2.05) is 17.0 Å². The van der Waals surface area contributed by atoms with Crippen LogP contribution < -0.4 is 5.32 Å². The normalized spacial score (nSPS) is 22.9. The summed E-state index contributed by atoms with van der Waals surface area (Å²) in [6.45, 7) is 10.2. The minimum atomic E-state index is 0.0450. The molecule has 2 atom stereocenters. The molecule has 1 saturated heterocycles. The van der Waals surface area contributed by atoms with Gasteiger partial charge >= 0.3 is 0 Å². The van der Waals surface area contributed by atoms with Gasteiger partial charge in [-0.3, -0.25) is 4.79 Å². The molecular formula is C15H23N3O. The van der Waals surface area contributed by atoms with Crippen molar-refractivity contribution in [2.75, 3.05) is 18.4 Å². The van der Waals surface area contributed by atoms with E-state index in [2.05, 4.69) is 38.0 Å². The van der Waals surface area contributed by atoms with Crippen molar-refractivity contribution in [3.05, 3.63) is 23.9 Å². The molecule has 0 aromatic carbocycles. The van der Waals surface area contributed by atoms with Gasteiger partial charge in [0.25, 0.3) is 5.91 Å². The summed E-state index contributed by atoms with van der Waals surface area (Å²) in [5, 5.41) is 3.23. The van der Waals surface area contributed by atoms with Gasteiger partial charge in [-0.1, -0.05) is 19.9 Å². The van der Waals surface area contributed by atoms with Crippen molar-refractivity contribution >= 4 is 11.7 Å². The highest BCUT2D eigenvalue weighted by Crippen LogP contribution is 2.23. The van der Waals surface area contributed by atoms with Crippen molar-refractivity contribution < 1.29 is 4.79 Å². The van der Waals surface area contributed by atoms with Gasteiger partial charge in [0.05, 0.1) is 0 Å². The van der Waals surface area contributed by atoms with Gasteiger partial charge in [0.2, 0.25) is 0 Å². The predicted octanol–water partition coefficient (Wildman–Crippen LogP) is 2.63. The Bertz CT molecular complexity index is 448. The average molecular weight is 261 g/mol. The lowest BCUT2D eigenvalue weighted by atomic mass is 10.0. The van der Waals surface area contributed by atoms with E-state index in [4.69, 9.17) is 0 Å². The highest BCUT2D eigenvalue weighted by Gasteiger charge is 2.30. The molecular weight excluding hydrogens is 238 g/mol. The van der Waals surface area contributed by atoms with E-state index in [1.54, 1.807) is 6.07 Å². The predicted molar refractivity (Wildman–Crippen MR) is 77.2 cm³/mol. The molecule has 4 heteroatoms. The van der Waals surface area contributed by atoms with Gasteiger partial charge in [-0.2, -0.15) is 0 Å². The van der Waals surface area contributed by atoms with Crippen LogP contribution in [-0.4, -0.2) is 34.9 Å². The number of carbonyl (C=O) groups excluding carboxylic acids is 1. The van der Waals surface area contributed by atoms with Gasteiger partial charge in [-0.25, -0.2) is 4.98 Å². The van der Waals surface area contributed by atoms with Gasteiger partial charge in [0.1, 0.15) is 11.5 Å². The van der Waals surface area contributed by atoms with Crippen molar-refractivity contribution in [3.8, 4) is 0 Å². The summed E-state index contributed by atoms with van der Waals surface area (Å²) >= 11 is 0. The lowest BCUT2D eigenvalue weighted by Gasteiger charge is -2.16. The zero-order valence-corrected chi connectivity index (χ0v) is 12.2. The molecule has 1 aromatic heterocycles. The lowest BCUT2D eigenvalue weighted by molar-refractivity contribution is 0.0779. The molecule has 0 radical (unpaired) electrons. The molecule has 19 heavy (non-hydrogen) atoms. The van der Waals surface area contributed by atoms with E-state index in [9.17, 15) is 4.79 Å². The molecule has 1 fully saturated rings. The Morgan fingerprint density at radius 2 is 1.95 bits per heavy atom. The fourth-order valence-electron chi connectivity index (χ4n) is 2.39. The molecule has 1 N–H and O–H groups in total. The maximum absolute atomic E-state index is 12.4. The van der Waals surface area contributed by atoms with E-state index in [1.165, 1.54) is 0 Å². The monoisotopic (exact) mass is 261 g/mol. The summed E-state index contributed by atoms with van der Waals surface area (Å²) < 4.78 is 0. The van der Waals surface area contributed by atoms with Gasteiger partial charge in [0, 0.05) is 19.1 Å². The number of hydrogen-bond donors (Lipinski definition) is 1. The molecule has 2 unspecified atom stereocenters. The SMILES string of the molecule is CC(C)Nc1cccc(C(=O)N2CC(C)C(C)C2)n1. The van der Waals surface area contributed by atoms with Crippen molar-refractivity contribution in [3.63, 3.8) is 0 Å². The van der Waals surface area contributed by atoms with Crippen molar-refractivity contribution in [2.24, 2.45) is 11.8 Å². The molecule has 2 rings (SSSR count). The molecule has 1 aromatic rings. The zero-order valence-electron chi connectivity index (χ0n) is 12.2. The number of nitrogens with one attached hydrogen (secondary N) is 1. The largest absolute Gasteiger partial charge is 0.368 e. The first kappa shape index (κ1) is 13.8. The van der Waals surface area contributed by atoms with Gasteiger partial charge in [-0.05, 0) is 37.8 Å². The summed E-state index contributed by atoms with van der Waals surface area (Å²) in [5.74, 6) is 1.95. The summed E-state index contributed by atoms with van der Waals surface area (Å²) in [7, 11) is 0. The third-order valence-corrected chi connectivity index (χ3v) is 3.68. The van der Waals surface area contributed by atoms with Crippen LogP contribution in [0.4, 0.5) is 5.82 Å². The Morgan fingerprint density at radius 1 is 1.32 bits per heavy atom. The number of likely N-dealkylation sites (tertiary alicyclic amines) is 1. The molecule has 104 valence electrons. The number of rotatable bonds is 3. The molecule has 0 spiro atoms. The first-order valence-electron chi connectivity index (χ1n) is 7.00. The maximum Gasteiger partial charge on any atom is 0.272 e. The van der Waals surface area contributed by atoms with Crippen molar-refractivity contribution in [1.82, 2.24) is 9.88 Å². The Kier molecular flexibility index (Phi) is 4.08. The maximum atomic E-state index is 12.4. The Morgan fingerprint density at radius 3 is 2.53 bits per heavy atom. The number of amides is 1. The molecule has 0 saturated carbocycles. The fourth-order valence-corrected chi connectivity index (χ4v) is 2.39. The van der Waals surface area contributed by atoms with Crippen LogP contribution >= 0.6 is 0 Å². The quantitative estimate of drug-likeness (QED) is 0.909. The summed E-state index contributed by atoms with van der Waals surface area (Å²) in [6, 6.07) is 5.88. The fraction of sp³-hybridized carbons (Fsp3) is 0.600. The zero-order chi connectivity index (χ0) is 14.0. The minimum absolute atomic E-state index is 0.0450. The van der Waals surface area contributed by atoms with E-state index < -0.39 is 0 Å². The van der Waals surface area contributed by atoms with E-state index >= 15 is 0 Å². The topological polar surface area (TPSA) is 45.2 Å². The van der Waals surface area contributed by atoms with Crippen LogP contribution in [0.2, 0.25) is 0 Å². The third kappa shape index (κ3) is 3.25. The third-order valence-electron chi connectivity index (χ3n) is 3.68. The van der Waals surface area contributed by atoms with Gasteiger partial charge in [-0.15, -0.1) is 0 Å². The van der Waals surface area contributed by atoms with E-state index in [0.29, 0.717) is 23.6 Å². The van der Waals surface area contributed by atoms with Crippen LogP contribution in [0.15, 0.2) is 18.2 Å². The van der Waals surface area contributed by atoms with Gasteiger partial charge in [0.15, 0.2) is 0 Å². The second-order valence-corrected chi connectivity index (χ2v) is 5.87. The molecule has 0 bridgehead atoms. The standard InChI is InChI=1S/C15H23N3O/c1-10(2)16-14-7-5-6-13(17-14)15(19)18-8-11(3)12(4)9-18/h5-7,10-12H,8-9H2,1-4H3,(H,16,17). The Hall–Kier alpha value is -1.58.